The Balaban J connectivity index is 0.00000162. The summed E-state index contributed by atoms with van der Waals surface area (Å²) < 4.78 is 1.47. The van der Waals surface area contributed by atoms with Crippen LogP contribution in [-0.2, 0) is 12.1 Å². The van der Waals surface area contributed by atoms with E-state index in [0.29, 0.717) is 5.56 Å². The summed E-state index contributed by atoms with van der Waals surface area (Å²) in [6.07, 6.45) is 3.94. The first kappa shape index (κ1) is 14.1. The molecule has 0 saturated heterocycles. The van der Waals surface area contributed by atoms with E-state index in [0.717, 1.165) is 6.21 Å². The van der Waals surface area contributed by atoms with E-state index < -0.39 is 5.60 Å². The molecule has 1 heterocycles. The normalized spacial score (nSPS) is 14.1. The summed E-state index contributed by atoms with van der Waals surface area (Å²) in [5.41, 5.74) is -0.794. The van der Waals surface area contributed by atoms with Gasteiger partial charge in [0, 0.05) is 0 Å². The molecule has 0 spiro atoms. The van der Waals surface area contributed by atoms with Gasteiger partial charge in [-0.2, -0.15) is 5.10 Å². The number of hydrogen-bond donors (Lipinski definition) is 2. The van der Waals surface area contributed by atoms with Crippen molar-refractivity contribution in [2.45, 2.75) is 12.1 Å². The van der Waals surface area contributed by atoms with E-state index in [4.69, 9.17) is 5.21 Å². The number of nitrogens with zero attached hydrogens (tertiary/aromatic N) is 4. The molecule has 2 N–H and O–H groups in total. The van der Waals surface area contributed by atoms with Gasteiger partial charge in [-0.25, -0.2) is 9.67 Å². The summed E-state index contributed by atoms with van der Waals surface area (Å²) in [5, 5.41) is 26.0. The van der Waals surface area contributed by atoms with Gasteiger partial charge in [-0.05, 0) is 5.56 Å². The average molecular weight is 269 g/mol. The molecule has 1 unspecified atom stereocenters. The highest BCUT2D eigenvalue weighted by Crippen LogP contribution is 2.20. The Kier molecular flexibility index (Phi) is 4.82. The first-order valence-electron chi connectivity index (χ1n) is 5.03. The van der Waals surface area contributed by atoms with Crippen LogP contribution in [0.3, 0.4) is 0 Å². The number of halogens is 1. The van der Waals surface area contributed by atoms with Crippen molar-refractivity contribution in [3.05, 3.63) is 48.5 Å². The fourth-order valence-corrected chi connectivity index (χ4v) is 1.59. The molecule has 0 fully saturated rings. The maximum atomic E-state index is 10.5. The maximum Gasteiger partial charge on any atom is 0.147 e. The molecule has 2 aromatic rings. The second-order valence-electron chi connectivity index (χ2n) is 3.63. The van der Waals surface area contributed by atoms with Crippen molar-refractivity contribution >= 4 is 18.6 Å². The van der Waals surface area contributed by atoms with Crippen molar-refractivity contribution in [2.75, 3.05) is 0 Å². The molecule has 0 amide bonds. The zero-order valence-electron chi connectivity index (χ0n) is 9.42. The standard InChI is InChI=1S/C11H12N4O2.ClH/c16-11(6-14-17,7-15-9-12-8-13-15)10-4-2-1-3-5-10;/h1-6,8-9,16-17H,7H2;1H/b14-6+;. The molecule has 0 aliphatic carbocycles. The van der Waals surface area contributed by atoms with E-state index in [1.54, 1.807) is 24.3 Å². The highest BCUT2D eigenvalue weighted by Gasteiger charge is 2.28. The van der Waals surface area contributed by atoms with E-state index in [9.17, 15) is 5.11 Å². The van der Waals surface area contributed by atoms with Crippen molar-refractivity contribution in [2.24, 2.45) is 5.16 Å². The van der Waals surface area contributed by atoms with Gasteiger partial charge in [0.1, 0.15) is 18.3 Å². The minimum Gasteiger partial charge on any atom is -0.411 e. The Labute approximate surface area is 110 Å². The Bertz CT molecular complexity index is 489. The fraction of sp³-hybridized carbons (Fsp3) is 0.182. The topological polar surface area (TPSA) is 83.5 Å². The number of hydrogen-bond acceptors (Lipinski definition) is 5. The Morgan fingerprint density at radius 1 is 1.33 bits per heavy atom. The predicted octanol–water partition coefficient (Wildman–Crippen LogP) is 1.05. The molecule has 0 aliphatic rings. The summed E-state index contributed by atoms with van der Waals surface area (Å²) in [4.78, 5) is 3.79. The van der Waals surface area contributed by atoms with Crippen LogP contribution in [-0.4, -0.2) is 31.3 Å². The Hall–Kier alpha value is -1.92. The SMILES string of the molecule is Cl.O/N=C/C(O)(Cn1cncn1)c1ccccc1. The van der Waals surface area contributed by atoms with Crippen LogP contribution in [0.2, 0.25) is 0 Å². The van der Waals surface area contributed by atoms with Crippen molar-refractivity contribution in [3.8, 4) is 0 Å². The fourth-order valence-electron chi connectivity index (χ4n) is 1.59. The summed E-state index contributed by atoms with van der Waals surface area (Å²) in [6.45, 7) is 0.126. The van der Waals surface area contributed by atoms with Gasteiger partial charge in [-0.3, -0.25) is 0 Å². The highest BCUT2D eigenvalue weighted by molar-refractivity contribution is 5.85. The molecule has 1 aromatic heterocycles. The van der Waals surface area contributed by atoms with Crippen LogP contribution in [0, 0.1) is 0 Å². The van der Waals surface area contributed by atoms with Crippen molar-refractivity contribution in [1.29, 1.82) is 0 Å². The van der Waals surface area contributed by atoms with Crippen LogP contribution in [0.25, 0.3) is 0 Å². The summed E-state index contributed by atoms with van der Waals surface area (Å²) in [5.74, 6) is 0. The molecule has 0 radical (unpaired) electrons. The van der Waals surface area contributed by atoms with E-state index >= 15 is 0 Å². The van der Waals surface area contributed by atoms with Crippen LogP contribution in [0.4, 0.5) is 0 Å². The van der Waals surface area contributed by atoms with E-state index in [2.05, 4.69) is 15.2 Å². The van der Waals surface area contributed by atoms with Gasteiger partial charge in [0.15, 0.2) is 0 Å². The Morgan fingerprint density at radius 2 is 2.06 bits per heavy atom. The lowest BCUT2D eigenvalue weighted by Gasteiger charge is -2.23. The molecule has 1 aromatic carbocycles. The van der Waals surface area contributed by atoms with Gasteiger partial charge in [-0.1, -0.05) is 35.5 Å². The van der Waals surface area contributed by atoms with Gasteiger partial charge in [-0.15, -0.1) is 12.4 Å². The summed E-state index contributed by atoms with van der Waals surface area (Å²) >= 11 is 0. The van der Waals surface area contributed by atoms with E-state index in [-0.39, 0.29) is 19.0 Å². The third kappa shape index (κ3) is 3.06. The van der Waals surface area contributed by atoms with E-state index in [1.165, 1.54) is 17.3 Å². The van der Waals surface area contributed by atoms with Crippen molar-refractivity contribution < 1.29 is 10.3 Å². The Morgan fingerprint density at radius 3 is 2.61 bits per heavy atom. The van der Waals surface area contributed by atoms with Crippen LogP contribution < -0.4 is 0 Å². The molecule has 1 atom stereocenters. The predicted molar refractivity (Wildman–Crippen MR) is 67.9 cm³/mol. The third-order valence-electron chi connectivity index (χ3n) is 2.41. The number of aliphatic hydroxyl groups is 1. The number of benzene rings is 1. The molecule has 18 heavy (non-hydrogen) atoms. The molecule has 96 valence electrons. The molecule has 0 bridgehead atoms. The lowest BCUT2D eigenvalue weighted by Crippen LogP contribution is -2.33. The molecule has 2 rings (SSSR count). The lowest BCUT2D eigenvalue weighted by molar-refractivity contribution is 0.0883. The summed E-state index contributed by atoms with van der Waals surface area (Å²) in [7, 11) is 0. The van der Waals surface area contributed by atoms with Crippen molar-refractivity contribution in [3.63, 3.8) is 0 Å². The van der Waals surface area contributed by atoms with Crippen LogP contribution in [0.5, 0.6) is 0 Å². The minimum atomic E-state index is -1.41. The maximum absolute atomic E-state index is 10.5. The minimum absolute atomic E-state index is 0. The molecular formula is C11H13ClN4O2. The largest absolute Gasteiger partial charge is 0.411 e. The molecule has 0 aliphatic heterocycles. The first-order valence-corrected chi connectivity index (χ1v) is 5.03. The first-order chi connectivity index (χ1) is 8.24. The highest BCUT2D eigenvalue weighted by atomic mass is 35.5. The van der Waals surface area contributed by atoms with Crippen LogP contribution in [0.1, 0.15) is 5.56 Å². The summed E-state index contributed by atoms with van der Waals surface area (Å²) in [6, 6.07) is 8.94. The second kappa shape index (κ2) is 6.13. The number of aromatic nitrogens is 3. The lowest BCUT2D eigenvalue weighted by atomic mass is 9.95. The van der Waals surface area contributed by atoms with Gasteiger partial charge >= 0.3 is 0 Å². The van der Waals surface area contributed by atoms with Crippen LogP contribution in [0.15, 0.2) is 48.1 Å². The van der Waals surface area contributed by atoms with Gasteiger partial charge in [0.2, 0.25) is 0 Å². The van der Waals surface area contributed by atoms with Crippen molar-refractivity contribution in [1.82, 2.24) is 14.8 Å². The van der Waals surface area contributed by atoms with Gasteiger partial charge in [0.25, 0.3) is 0 Å². The quantitative estimate of drug-likeness (QED) is 0.493. The number of oxime groups is 1. The second-order valence-corrected chi connectivity index (χ2v) is 3.63. The molecule has 0 saturated carbocycles. The van der Waals surface area contributed by atoms with Gasteiger partial charge in [0.05, 0.1) is 12.8 Å². The van der Waals surface area contributed by atoms with Crippen LogP contribution >= 0.6 is 12.4 Å². The monoisotopic (exact) mass is 268 g/mol. The third-order valence-corrected chi connectivity index (χ3v) is 2.41. The molecule has 7 heteroatoms. The number of rotatable bonds is 4. The average Bonchev–Trinajstić information content (AvgIpc) is 2.83. The zero-order valence-corrected chi connectivity index (χ0v) is 10.2. The smallest absolute Gasteiger partial charge is 0.147 e. The van der Waals surface area contributed by atoms with E-state index in [1.807, 2.05) is 6.07 Å². The molecular weight excluding hydrogens is 256 g/mol. The molecule has 6 nitrogen and oxygen atoms in total. The zero-order chi connectivity index (χ0) is 12.1. The van der Waals surface area contributed by atoms with Gasteiger partial charge < -0.3 is 10.3 Å².